The maximum Gasteiger partial charge on any atom is 0.251 e. The topological polar surface area (TPSA) is 84.7 Å². The summed E-state index contributed by atoms with van der Waals surface area (Å²) in [7, 11) is 0. The molecule has 2 aromatic carbocycles. The maximum atomic E-state index is 12.2. The number of carbonyl (C=O) groups is 1. The lowest BCUT2D eigenvalue weighted by molar-refractivity contribution is 0.0952. The van der Waals surface area contributed by atoms with E-state index >= 15 is 0 Å². The fourth-order valence-corrected chi connectivity index (χ4v) is 3.27. The van der Waals surface area contributed by atoms with Crippen LogP contribution in [0.3, 0.4) is 0 Å². The van der Waals surface area contributed by atoms with E-state index in [9.17, 15) is 4.79 Å². The second kappa shape index (κ2) is 9.37. The van der Waals surface area contributed by atoms with Crippen LogP contribution >= 0.6 is 11.6 Å². The summed E-state index contributed by atoms with van der Waals surface area (Å²) in [4.78, 5) is 20.9. The van der Waals surface area contributed by atoms with Crippen molar-refractivity contribution in [3.8, 4) is 0 Å². The number of aromatic nitrogens is 4. The molecule has 0 aliphatic heterocycles. The number of anilines is 1. The molecule has 4 rings (SSSR count). The van der Waals surface area contributed by atoms with Crippen molar-refractivity contribution in [2.45, 2.75) is 13.0 Å². The Hall–Kier alpha value is -3.45. The molecule has 7 nitrogen and oxygen atoms in total. The van der Waals surface area contributed by atoms with Crippen LogP contribution in [0, 0.1) is 0 Å². The first kappa shape index (κ1) is 19.8. The van der Waals surface area contributed by atoms with Gasteiger partial charge in [0.1, 0.15) is 12.1 Å². The van der Waals surface area contributed by atoms with Crippen molar-refractivity contribution in [1.82, 2.24) is 25.1 Å². The number of rotatable bonds is 8. The fourth-order valence-electron chi connectivity index (χ4n) is 3.15. The van der Waals surface area contributed by atoms with E-state index in [0.29, 0.717) is 23.7 Å². The molecular formula is C22H21ClN6O. The predicted molar refractivity (Wildman–Crippen MR) is 118 cm³/mol. The first-order valence-corrected chi connectivity index (χ1v) is 10.1. The Morgan fingerprint density at radius 2 is 1.80 bits per heavy atom. The number of nitrogens with one attached hydrogen (secondary N) is 2. The van der Waals surface area contributed by atoms with Gasteiger partial charge in [0.2, 0.25) is 0 Å². The zero-order valence-corrected chi connectivity index (χ0v) is 17.0. The quantitative estimate of drug-likeness (QED) is 0.455. The summed E-state index contributed by atoms with van der Waals surface area (Å²) in [5.74, 6) is 0.605. The van der Waals surface area contributed by atoms with Gasteiger partial charge in [-0.3, -0.25) is 4.79 Å². The first-order chi connectivity index (χ1) is 14.7. The standard InChI is InChI=1S/C22H21ClN6O/c23-18-8-6-17(7-9-18)22(30)25-12-13-29-21-19(14-28-29)20(26-15-27-21)24-11-10-16-4-2-1-3-5-16/h1-9,14-15H,10-13H2,(H,25,30)(H,24,26,27). The molecule has 2 N–H and O–H groups in total. The third kappa shape index (κ3) is 4.75. The number of hydrogen-bond donors (Lipinski definition) is 2. The molecular weight excluding hydrogens is 400 g/mol. The lowest BCUT2D eigenvalue weighted by Gasteiger charge is -2.08. The van der Waals surface area contributed by atoms with Crippen LogP contribution in [-0.2, 0) is 13.0 Å². The lowest BCUT2D eigenvalue weighted by atomic mass is 10.1. The Bertz CT molecular complexity index is 1130. The fraction of sp³-hybridized carbons (Fsp3) is 0.182. The summed E-state index contributed by atoms with van der Waals surface area (Å²) in [5, 5.41) is 12.1. The molecule has 2 heterocycles. The van der Waals surface area contributed by atoms with Gasteiger partial charge >= 0.3 is 0 Å². The van der Waals surface area contributed by atoms with Crippen molar-refractivity contribution in [2.24, 2.45) is 0 Å². The minimum Gasteiger partial charge on any atom is -0.369 e. The van der Waals surface area contributed by atoms with Crippen LogP contribution in [-0.4, -0.2) is 38.7 Å². The molecule has 0 spiro atoms. The molecule has 0 atom stereocenters. The van der Waals surface area contributed by atoms with Crippen LogP contribution in [0.5, 0.6) is 0 Å². The second-order valence-corrected chi connectivity index (χ2v) is 7.19. The van der Waals surface area contributed by atoms with Crippen molar-refractivity contribution in [3.05, 3.63) is 83.3 Å². The third-order valence-electron chi connectivity index (χ3n) is 4.70. The van der Waals surface area contributed by atoms with Gasteiger partial charge in [0.25, 0.3) is 5.91 Å². The molecule has 0 radical (unpaired) electrons. The molecule has 30 heavy (non-hydrogen) atoms. The molecule has 0 unspecified atom stereocenters. The van der Waals surface area contributed by atoms with Gasteiger partial charge in [-0.1, -0.05) is 41.9 Å². The minimum absolute atomic E-state index is 0.152. The van der Waals surface area contributed by atoms with E-state index in [-0.39, 0.29) is 5.91 Å². The second-order valence-electron chi connectivity index (χ2n) is 6.75. The minimum atomic E-state index is -0.152. The Kier molecular flexibility index (Phi) is 6.20. The van der Waals surface area contributed by atoms with Crippen LogP contribution in [0.1, 0.15) is 15.9 Å². The van der Waals surface area contributed by atoms with Crippen molar-refractivity contribution in [3.63, 3.8) is 0 Å². The molecule has 2 aromatic heterocycles. The molecule has 152 valence electrons. The molecule has 0 aliphatic carbocycles. The highest BCUT2D eigenvalue weighted by atomic mass is 35.5. The van der Waals surface area contributed by atoms with Crippen LogP contribution in [0.25, 0.3) is 11.0 Å². The molecule has 0 bridgehead atoms. The Morgan fingerprint density at radius 3 is 2.60 bits per heavy atom. The van der Waals surface area contributed by atoms with Crippen LogP contribution in [0.15, 0.2) is 67.1 Å². The van der Waals surface area contributed by atoms with Crippen LogP contribution < -0.4 is 10.6 Å². The van der Waals surface area contributed by atoms with E-state index in [1.165, 1.54) is 11.9 Å². The highest BCUT2D eigenvalue weighted by molar-refractivity contribution is 6.30. The van der Waals surface area contributed by atoms with Gasteiger partial charge < -0.3 is 10.6 Å². The zero-order chi connectivity index (χ0) is 20.8. The van der Waals surface area contributed by atoms with E-state index in [0.717, 1.165) is 29.8 Å². The number of fused-ring (bicyclic) bond motifs is 1. The van der Waals surface area contributed by atoms with Crippen molar-refractivity contribution in [1.29, 1.82) is 0 Å². The van der Waals surface area contributed by atoms with Gasteiger partial charge in [0, 0.05) is 23.7 Å². The van der Waals surface area contributed by atoms with E-state index < -0.39 is 0 Å². The Morgan fingerprint density at radius 1 is 1.00 bits per heavy atom. The molecule has 0 fully saturated rings. The van der Waals surface area contributed by atoms with Crippen LogP contribution in [0.4, 0.5) is 5.82 Å². The molecule has 0 saturated heterocycles. The normalized spacial score (nSPS) is 10.8. The number of halogens is 1. The average molecular weight is 421 g/mol. The van der Waals surface area contributed by atoms with E-state index in [2.05, 4.69) is 37.8 Å². The summed E-state index contributed by atoms with van der Waals surface area (Å²) in [6.07, 6.45) is 4.18. The van der Waals surface area contributed by atoms with E-state index in [1.54, 1.807) is 35.1 Å². The summed E-state index contributed by atoms with van der Waals surface area (Å²) >= 11 is 5.86. The average Bonchev–Trinajstić information content (AvgIpc) is 3.19. The summed E-state index contributed by atoms with van der Waals surface area (Å²) in [6, 6.07) is 17.1. The molecule has 8 heteroatoms. The smallest absolute Gasteiger partial charge is 0.251 e. The number of hydrogen-bond acceptors (Lipinski definition) is 5. The summed E-state index contributed by atoms with van der Waals surface area (Å²) in [6.45, 7) is 1.70. The summed E-state index contributed by atoms with van der Waals surface area (Å²) in [5.41, 5.74) is 2.56. The summed E-state index contributed by atoms with van der Waals surface area (Å²) < 4.78 is 1.77. The molecule has 1 amide bonds. The van der Waals surface area contributed by atoms with Crippen molar-refractivity contribution in [2.75, 3.05) is 18.4 Å². The maximum absolute atomic E-state index is 12.2. The monoisotopic (exact) mass is 420 g/mol. The van der Waals surface area contributed by atoms with E-state index in [1.807, 2.05) is 18.2 Å². The van der Waals surface area contributed by atoms with Gasteiger partial charge in [-0.2, -0.15) is 5.10 Å². The Balaban J connectivity index is 1.35. The zero-order valence-electron chi connectivity index (χ0n) is 16.3. The third-order valence-corrected chi connectivity index (χ3v) is 4.95. The van der Waals surface area contributed by atoms with Crippen molar-refractivity contribution >= 4 is 34.4 Å². The molecule has 4 aromatic rings. The van der Waals surface area contributed by atoms with Crippen molar-refractivity contribution < 1.29 is 4.79 Å². The van der Waals surface area contributed by atoms with Gasteiger partial charge in [-0.05, 0) is 36.2 Å². The SMILES string of the molecule is O=C(NCCn1ncc2c(NCCc3ccccc3)ncnc21)c1ccc(Cl)cc1. The predicted octanol–water partition coefficient (Wildman–Crippen LogP) is 3.56. The number of nitrogens with zero attached hydrogens (tertiary/aromatic N) is 4. The number of amides is 1. The van der Waals surface area contributed by atoms with Gasteiger partial charge in [-0.15, -0.1) is 0 Å². The molecule has 0 saturated carbocycles. The Labute approximate surface area is 179 Å². The van der Waals surface area contributed by atoms with Gasteiger partial charge in [0.05, 0.1) is 18.1 Å². The highest BCUT2D eigenvalue weighted by Crippen LogP contribution is 2.18. The largest absolute Gasteiger partial charge is 0.369 e. The number of carbonyl (C=O) groups excluding carboxylic acids is 1. The van der Waals surface area contributed by atoms with Crippen LogP contribution in [0.2, 0.25) is 5.02 Å². The molecule has 0 aliphatic rings. The first-order valence-electron chi connectivity index (χ1n) is 9.69. The van der Waals surface area contributed by atoms with Gasteiger partial charge in [-0.25, -0.2) is 14.6 Å². The van der Waals surface area contributed by atoms with E-state index in [4.69, 9.17) is 11.6 Å². The highest BCUT2D eigenvalue weighted by Gasteiger charge is 2.10. The lowest BCUT2D eigenvalue weighted by Crippen LogP contribution is -2.27. The van der Waals surface area contributed by atoms with Gasteiger partial charge in [0.15, 0.2) is 5.65 Å². The number of benzene rings is 2.